The van der Waals surface area contributed by atoms with E-state index in [2.05, 4.69) is 20.6 Å². The van der Waals surface area contributed by atoms with Crippen molar-refractivity contribution in [3.8, 4) is 11.1 Å². The van der Waals surface area contributed by atoms with Gasteiger partial charge in [-0.05, 0) is 96.9 Å². The number of benzene rings is 1. The van der Waals surface area contributed by atoms with E-state index in [1.807, 2.05) is 77.8 Å². The minimum Gasteiger partial charge on any atom is -0.458 e. The highest BCUT2D eigenvalue weighted by Gasteiger charge is 2.57. The van der Waals surface area contributed by atoms with Gasteiger partial charge in [-0.15, -0.1) is 5.10 Å². The molecule has 0 saturated carbocycles. The van der Waals surface area contributed by atoms with Crippen LogP contribution in [0, 0.1) is 35.5 Å². The Kier molecular flexibility index (Phi) is 24.2. The van der Waals surface area contributed by atoms with Crippen molar-refractivity contribution in [1.82, 2.24) is 30.2 Å². The smallest absolute Gasteiger partial charge is 0.405 e. The number of alkyl halides is 1. The number of carbonyl (C=O) groups excluding carboxylic acids is 4. The van der Waals surface area contributed by atoms with Crippen molar-refractivity contribution in [3.05, 3.63) is 65.7 Å². The maximum atomic E-state index is 15.3. The highest BCUT2D eigenvalue weighted by atomic mass is 19.1. The monoisotopic (exact) mass is 1240 g/mol. The lowest BCUT2D eigenvalue weighted by molar-refractivity contribution is -0.305. The van der Waals surface area contributed by atoms with Gasteiger partial charge in [-0.3, -0.25) is 19.4 Å². The molecule has 2 aromatic heterocycles. The lowest BCUT2D eigenvalue weighted by Crippen LogP contribution is -2.63. The zero-order valence-corrected chi connectivity index (χ0v) is 54.0. The van der Waals surface area contributed by atoms with Gasteiger partial charge < -0.3 is 74.5 Å². The van der Waals surface area contributed by atoms with E-state index < -0.39 is 144 Å². The van der Waals surface area contributed by atoms with Crippen molar-refractivity contribution in [2.24, 2.45) is 47.0 Å². The number of carbonyl (C=O) groups is 4. The van der Waals surface area contributed by atoms with Crippen molar-refractivity contribution in [3.63, 3.8) is 0 Å². The number of aromatic nitrogens is 4. The Labute approximate surface area is 518 Å². The number of nitrogens with one attached hydrogen (secondary N) is 1. The summed E-state index contributed by atoms with van der Waals surface area (Å²) in [4.78, 5) is 61.4. The predicted molar refractivity (Wildman–Crippen MR) is 323 cm³/mol. The second-order valence-corrected chi connectivity index (χ2v) is 25.8. The van der Waals surface area contributed by atoms with Gasteiger partial charge >= 0.3 is 12.1 Å². The summed E-state index contributed by atoms with van der Waals surface area (Å²) in [5.74, 6) is -6.14. The molecule has 4 fully saturated rings. The topological polar surface area (TPSA) is 303 Å². The van der Waals surface area contributed by atoms with Crippen LogP contribution in [-0.4, -0.2) is 198 Å². The van der Waals surface area contributed by atoms with E-state index in [9.17, 15) is 19.8 Å². The molecule has 1 aromatic carbocycles. The summed E-state index contributed by atoms with van der Waals surface area (Å²) in [6.07, 6.45) is -3.43. The van der Waals surface area contributed by atoms with Crippen LogP contribution in [0.4, 0.5) is 9.18 Å². The van der Waals surface area contributed by atoms with Gasteiger partial charge in [-0.25, -0.2) is 13.9 Å². The summed E-state index contributed by atoms with van der Waals surface area (Å²) < 4.78 is 74.1. The quantitative estimate of drug-likeness (QED) is 0.0752. The zero-order valence-electron chi connectivity index (χ0n) is 54.0. The van der Waals surface area contributed by atoms with E-state index in [0.29, 0.717) is 43.9 Å². The number of nitrogens with two attached hydrogens (primary N) is 2. The summed E-state index contributed by atoms with van der Waals surface area (Å²) in [6, 6.07) is 9.39. The summed E-state index contributed by atoms with van der Waals surface area (Å²) in [7, 11) is 6.48. The summed E-state index contributed by atoms with van der Waals surface area (Å²) in [6.45, 7) is 19.1. The van der Waals surface area contributed by atoms with Gasteiger partial charge in [0.1, 0.15) is 48.6 Å². The summed E-state index contributed by atoms with van der Waals surface area (Å²) in [5.41, 5.74) is 10.2. The average Bonchev–Trinajstić information content (AvgIpc) is 1.08. The predicted octanol–water partition coefficient (Wildman–Crippen LogP) is 6.10. The first-order valence-corrected chi connectivity index (χ1v) is 31.2. The molecule has 88 heavy (non-hydrogen) atoms. The molecule has 20 atom stereocenters. The second-order valence-electron chi connectivity index (χ2n) is 25.8. The van der Waals surface area contributed by atoms with Crippen molar-refractivity contribution >= 4 is 23.8 Å². The number of aliphatic hydroxyl groups is 2. The number of methoxy groups -OCH3 is 3. The molecule has 492 valence electrons. The van der Waals surface area contributed by atoms with Crippen molar-refractivity contribution < 1.29 is 76.4 Å². The number of halogens is 1. The van der Waals surface area contributed by atoms with E-state index in [4.69, 9.17) is 54.1 Å². The first-order chi connectivity index (χ1) is 41.7. The third kappa shape index (κ3) is 15.8. The lowest BCUT2D eigenvalue weighted by atomic mass is 9.67. The van der Waals surface area contributed by atoms with E-state index in [0.717, 1.165) is 24.0 Å². The van der Waals surface area contributed by atoms with Crippen molar-refractivity contribution in [2.45, 2.75) is 204 Å². The molecule has 4 aliphatic heterocycles. The Bertz CT molecular complexity index is 2760. The first-order valence-electron chi connectivity index (χ1n) is 31.2. The van der Waals surface area contributed by atoms with Crippen molar-refractivity contribution in [2.75, 3.05) is 61.4 Å². The van der Waals surface area contributed by atoms with Gasteiger partial charge in [0.25, 0.3) is 5.91 Å². The van der Waals surface area contributed by atoms with Crippen LogP contribution < -0.4 is 16.8 Å². The van der Waals surface area contributed by atoms with Crippen LogP contribution in [-0.2, 0) is 58.6 Å². The number of amides is 2. The van der Waals surface area contributed by atoms with E-state index in [1.54, 1.807) is 59.3 Å². The third-order valence-electron chi connectivity index (χ3n) is 19.9. The second kappa shape index (κ2) is 30.3. The molecule has 0 bridgehead atoms. The van der Waals surface area contributed by atoms with E-state index in [-0.39, 0.29) is 43.3 Å². The van der Waals surface area contributed by atoms with Crippen LogP contribution in [0.3, 0.4) is 0 Å². The normalized spacial score (nSPS) is 35.6. The van der Waals surface area contributed by atoms with Crippen LogP contribution in [0.15, 0.2) is 48.8 Å². The number of likely N-dealkylation sites (N-methyl/N-ethyl adjacent to an activating group) is 1. The summed E-state index contributed by atoms with van der Waals surface area (Å²) in [5, 5.41) is 36.6. The average molecular weight is 1240 g/mol. The Morgan fingerprint density at radius 2 is 1.59 bits per heavy atom. The van der Waals surface area contributed by atoms with Crippen LogP contribution in [0.1, 0.15) is 142 Å². The largest absolute Gasteiger partial charge is 0.458 e. The Morgan fingerprint density at radius 3 is 2.18 bits per heavy atom. The molecule has 4 saturated heterocycles. The Morgan fingerprint density at radius 1 is 0.920 bits per heavy atom. The highest BCUT2D eigenvalue weighted by molar-refractivity contribution is 5.91. The van der Waals surface area contributed by atoms with Gasteiger partial charge in [0, 0.05) is 114 Å². The minimum absolute atomic E-state index is 0.0480. The van der Waals surface area contributed by atoms with Crippen LogP contribution >= 0.6 is 0 Å². The number of ether oxygens (including phenoxy) is 9. The lowest BCUT2D eigenvalue weighted by Gasteiger charge is -2.52. The molecule has 7 N–H and O–H groups in total. The number of Topliss-reactive ketones (excluding diaryl/α,β-unsaturated/α-hetero) is 1. The van der Waals surface area contributed by atoms with Crippen molar-refractivity contribution in [1.29, 1.82) is 0 Å². The first kappa shape index (κ1) is 70.3. The zero-order chi connectivity index (χ0) is 64.6. The van der Waals surface area contributed by atoms with Crippen LogP contribution in [0.2, 0.25) is 0 Å². The van der Waals surface area contributed by atoms with Gasteiger partial charge in [0.05, 0.1) is 47.2 Å². The number of nitrogens with zero attached hydrogens (tertiary/aromatic N) is 5. The Balaban J connectivity index is 1.18. The number of esters is 1. The molecule has 0 spiro atoms. The number of pyridine rings is 1. The number of primary amides is 2. The number of hydrogen-bond donors (Lipinski definition) is 5. The number of hydrogen-bond acceptors (Lipinski definition) is 20. The maximum absolute atomic E-state index is 15.3. The standard InChI is InChI=1S/C64H99FN8O15/c1-15-51-64(10,88-61(67)79)46(33-68-44-23-26-83-27-24-44)37(4)53(74)35(2)29-63(9,82-14)57(38(5)52(39(6)59(78)86-51)50-30-62(8,81-13)56(76)40(7)85-50)87-60-54(75)48(28-36(3)84-60)72(11)25-22-45-34-73(71-70-45)49(31-65)55(80-12)42-18-16-41(17-19-42)43-20-21-47(58(66)77)69-32-43/h16-21,32,34-40,44,46,48-52,54-57,60,68,75-76H,15,22-31,33H2,1-14H3,(H2,66,77)(H2,67,79)/t35-,36-,37-,38+,39-,40+,46-,48+,49-,50-,51-,52?,54-,55-,56+,57-,60+,62-,63-,64+/m1/s1. The SMILES string of the molecule is CC[C@H]1OC(=O)[C@H](C)C([C@H]2C[C@@](C)(OC)[C@@H](O)[C@H](C)O2)[C@H](C)[C@@H](O[C@@H]2O[C@H](C)C[C@H](N(C)CCc3cn([C@H](CF)[C@H](OC)c4ccc(-c5ccc(C(N)=O)nc5)cc4)nn3)[C@H]2O)[C@](C)(OC)C[C@@H](C)C(=O)[C@H](C)[C@@H](CNC2CCOCC2)[C@]1(C)OC(N)=O. The molecule has 24 heteroatoms. The fraction of sp³-hybridized carbons (Fsp3) is 0.734. The number of aliphatic hydroxyl groups excluding tert-OH is 2. The molecule has 4 aliphatic rings. The van der Waals surface area contributed by atoms with E-state index in [1.165, 1.54) is 18.9 Å². The van der Waals surface area contributed by atoms with Gasteiger partial charge in [0.2, 0.25) is 0 Å². The van der Waals surface area contributed by atoms with Gasteiger partial charge in [0.15, 0.2) is 11.9 Å². The van der Waals surface area contributed by atoms with Gasteiger partial charge in [-0.2, -0.15) is 0 Å². The van der Waals surface area contributed by atoms with E-state index >= 15 is 14.0 Å². The molecular formula is C64H99FN8O15. The number of ketones is 1. The third-order valence-corrected chi connectivity index (χ3v) is 19.9. The Hall–Kier alpha value is -5.12. The molecule has 7 rings (SSSR count). The van der Waals surface area contributed by atoms with Crippen LogP contribution in [0.25, 0.3) is 11.1 Å². The maximum Gasteiger partial charge on any atom is 0.405 e. The molecular weight excluding hydrogens is 1140 g/mol. The summed E-state index contributed by atoms with van der Waals surface area (Å²) >= 11 is 0. The molecule has 1 unspecified atom stereocenters. The highest BCUT2D eigenvalue weighted by Crippen LogP contribution is 2.47. The number of cyclic esters (lactones) is 1. The minimum atomic E-state index is -1.60. The fourth-order valence-corrected chi connectivity index (χ4v) is 14.5. The fourth-order valence-electron chi connectivity index (χ4n) is 14.5. The number of rotatable bonds is 21. The molecule has 23 nitrogen and oxygen atoms in total. The van der Waals surface area contributed by atoms with Gasteiger partial charge in [-0.1, -0.05) is 70.2 Å². The molecule has 0 aliphatic carbocycles. The molecule has 3 aromatic rings. The van der Waals surface area contributed by atoms with Crippen LogP contribution in [0.5, 0.6) is 0 Å². The molecule has 6 heterocycles. The molecule has 0 radical (unpaired) electrons. The molecule has 2 amide bonds.